The maximum atomic E-state index is 13.8. The van der Waals surface area contributed by atoms with Crippen LogP contribution >= 0.6 is 0 Å². The van der Waals surface area contributed by atoms with Crippen molar-refractivity contribution in [1.82, 2.24) is 4.90 Å². The first-order valence-electron chi connectivity index (χ1n) is 7.19. The molecule has 1 fully saturated rings. The van der Waals surface area contributed by atoms with Crippen LogP contribution in [0.1, 0.15) is 30.0 Å². The molecule has 1 N–H and O–H groups in total. The standard InChI is InChI=1S/C15H14F5NO4/c1-25-14(24)21-3-2-7(13(22)23)6-11(21)8-4-9(16)12(10(17)5-8)15(18,19)20/h4-5,7,11H,2-3,6H2,1H3,(H,22,23). The molecule has 1 aliphatic heterocycles. The number of methoxy groups -OCH3 is 1. The van der Waals surface area contributed by atoms with Gasteiger partial charge in [0.05, 0.1) is 19.1 Å². The van der Waals surface area contributed by atoms with Crippen LogP contribution in [0.15, 0.2) is 12.1 Å². The van der Waals surface area contributed by atoms with Crippen LogP contribution in [0.4, 0.5) is 26.7 Å². The largest absolute Gasteiger partial charge is 0.481 e. The van der Waals surface area contributed by atoms with Gasteiger partial charge in [-0.25, -0.2) is 13.6 Å². The minimum absolute atomic E-state index is 0.0709. The topological polar surface area (TPSA) is 66.8 Å². The molecule has 2 rings (SSSR count). The molecule has 5 nitrogen and oxygen atoms in total. The number of nitrogens with zero attached hydrogens (tertiary/aromatic N) is 1. The molecule has 0 radical (unpaired) electrons. The van der Waals surface area contributed by atoms with Crippen molar-refractivity contribution in [1.29, 1.82) is 0 Å². The monoisotopic (exact) mass is 367 g/mol. The molecule has 2 unspecified atom stereocenters. The number of halogens is 5. The maximum absolute atomic E-state index is 13.8. The summed E-state index contributed by atoms with van der Waals surface area (Å²) in [4.78, 5) is 24.0. The van der Waals surface area contributed by atoms with Crippen LogP contribution in [0.5, 0.6) is 0 Å². The van der Waals surface area contributed by atoms with E-state index in [2.05, 4.69) is 4.74 Å². The third-order valence-electron chi connectivity index (χ3n) is 4.09. The molecule has 10 heteroatoms. The van der Waals surface area contributed by atoms with Gasteiger partial charge in [-0.1, -0.05) is 0 Å². The average Bonchev–Trinajstić information content (AvgIpc) is 2.51. The lowest BCUT2D eigenvalue weighted by Gasteiger charge is -2.37. The Balaban J connectivity index is 2.47. The van der Waals surface area contributed by atoms with Crippen LogP contribution in [-0.4, -0.2) is 35.7 Å². The van der Waals surface area contributed by atoms with Gasteiger partial charge in [-0.3, -0.25) is 4.79 Å². The molecule has 0 aliphatic carbocycles. The number of likely N-dealkylation sites (tertiary alicyclic amines) is 1. The van der Waals surface area contributed by atoms with Crippen LogP contribution in [0.2, 0.25) is 0 Å². The Morgan fingerprint density at radius 2 is 1.80 bits per heavy atom. The van der Waals surface area contributed by atoms with E-state index in [1.807, 2.05) is 0 Å². The Kier molecular flexibility index (Phi) is 5.19. The molecule has 0 bridgehead atoms. The predicted molar refractivity (Wildman–Crippen MR) is 73.6 cm³/mol. The number of hydrogen-bond acceptors (Lipinski definition) is 3. The number of amides is 1. The Morgan fingerprint density at radius 1 is 1.24 bits per heavy atom. The molecule has 0 aromatic heterocycles. The van der Waals surface area contributed by atoms with Crippen LogP contribution in [-0.2, 0) is 15.7 Å². The van der Waals surface area contributed by atoms with Gasteiger partial charge in [0.1, 0.15) is 17.2 Å². The van der Waals surface area contributed by atoms with Crippen LogP contribution < -0.4 is 0 Å². The number of carboxylic acids is 1. The number of benzene rings is 1. The van der Waals surface area contributed by atoms with Gasteiger partial charge in [-0.2, -0.15) is 13.2 Å². The fourth-order valence-electron chi connectivity index (χ4n) is 2.90. The minimum atomic E-state index is -5.22. The highest BCUT2D eigenvalue weighted by molar-refractivity contribution is 5.72. The number of piperidine rings is 1. The lowest BCUT2D eigenvalue weighted by atomic mass is 9.87. The van der Waals surface area contributed by atoms with E-state index in [-0.39, 0.29) is 24.9 Å². The highest BCUT2D eigenvalue weighted by atomic mass is 19.4. The fourth-order valence-corrected chi connectivity index (χ4v) is 2.90. The third-order valence-corrected chi connectivity index (χ3v) is 4.09. The number of hydrogen-bond donors (Lipinski definition) is 1. The number of carbonyl (C=O) groups is 2. The van der Waals surface area contributed by atoms with Gasteiger partial charge < -0.3 is 14.7 Å². The van der Waals surface area contributed by atoms with Crippen molar-refractivity contribution in [2.24, 2.45) is 5.92 Å². The van der Waals surface area contributed by atoms with Crippen molar-refractivity contribution < 1.29 is 41.4 Å². The zero-order chi connectivity index (χ0) is 18.9. The van der Waals surface area contributed by atoms with Crippen molar-refractivity contribution in [3.8, 4) is 0 Å². The number of ether oxygens (including phenoxy) is 1. The molecule has 1 saturated heterocycles. The van der Waals surface area contributed by atoms with E-state index < -0.39 is 47.4 Å². The normalized spacial score (nSPS) is 21.1. The molecular formula is C15H14F5NO4. The van der Waals surface area contributed by atoms with E-state index in [0.29, 0.717) is 12.1 Å². The van der Waals surface area contributed by atoms with Crippen molar-refractivity contribution >= 4 is 12.1 Å². The van der Waals surface area contributed by atoms with Crippen molar-refractivity contribution in [2.75, 3.05) is 13.7 Å². The summed E-state index contributed by atoms with van der Waals surface area (Å²) in [6, 6.07) is -0.179. The van der Waals surface area contributed by atoms with E-state index in [9.17, 15) is 31.5 Å². The average molecular weight is 367 g/mol. The van der Waals surface area contributed by atoms with E-state index in [0.717, 1.165) is 12.0 Å². The third kappa shape index (κ3) is 3.83. The van der Waals surface area contributed by atoms with Crippen LogP contribution in [0.3, 0.4) is 0 Å². The molecule has 1 amide bonds. The first-order chi connectivity index (χ1) is 11.6. The molecule has 0 saturated carbocycles. The highest BCUT2D eigenvalue weighted by Gasteiger charge is 2.40. The summed E-state index contributed by atoms with van der Waals surface area (Å²) in [5, 5.41) is 9.11. The number of carboxylic acid groups (broad SMARTS) is 1. The first kappa shape index (κ1) is 18.9. The summed E-state index contributed by atoms with van der Waals surface area (Å²) >= 11 is 0. The Bertz CT molecular complexity index is 668. The van der Waals surface area contributed by atoms with Crippen LogP contribution in [0, 0.1) is 17.6 Å². The van der Waals surface area contributed by atoms with Gasteiger partial charge in [0, 0.05) is 6.54 Å². The second-order valence-electron chi connectivity index (χ2n) is 5.60. The number of rotatable bonds is 2. The van der Waals surface area contributed by atoms with Crippen molar-refractivity contribution in [3.05, 3.63) is 34.9 Å². The fraction of sp³-hybridized carbons (Fsp3) is 0.467. The molecule has 1 aromatic carbocycles. The van der Waals surface area contributed by atoms with Crippen molar-refractivity contribution in [2.45, 2.75) is 25.1 Å². The van der Waals surface area contributed by atoms with Gasteiger partial charge >= 0.3 is 18.2 Å². The van der Waals surface area contributed by atoms with Gasteiger partial charge in [-0.05, 0) is 30.5 Å². The lowest BCUT2D eigenvalue weighted by Crippen LogP contribution is -2.42. The van der Waals surface area contributed by atoms with Crippen LogP contribution in [0.25, 0.3) is 0 Å². The molecule has 1 aliphatic rings. The van der Waals surface area contributed by atoms with E-state index >= 15 is 0 Å². The van der Waals surface area contributed by atoms with E-state index in [4.69, 9.17) is 5.11 Å². The van der Waals surface area contributed by atoms with Gasteiger partial charge in [0.15, 0.2) is 0 Å². The van der Waals surface area contributed by atoms with E-state index in [1.165, 1.54) is 0 Å². The number of aliphatic carboxylic acids is 1. The maximum Gasteiger partial charge on any atom is 0.422 e. The summed E-state index contributed by atoms with van der Waals surface area (Å²) in [5.41, 5.74) is -2.30. The minimum Gasteiger partial charge on any atom is -0.481 e. The SMILES string of the molecule is COC(=O)N1CCC(C(=O)O)CC1c1cc(F)c(C(F)(F)F)c(F)c1. The second kappa shape index (κ2) is 6.85. The Morgan fingerprint density at radius 3 is 2.24 bits per heavy atom. The quantitative estimate of drug-likeness (QED) is 0.812. The van der Waals surface area contributed by atoms with Gasteiger partial charge in [-0.15, -0.1) is 0 Å². The van der Waals surface area contributed by atoms with Gasteiger partial charge in [0.2, 0.25) is 0 Å². The summed E-state index contributed by atoms with van der Waals surface area (Å²) in [5.74, 6) is -5.73. The summed E-state index contributed by atoms with van der Waals surface area (Å²) in [6.07, 6.45) is -6.19. The summed E-state index contributed by atoms with van der Waals surface area (Å²) in [6.45, 7) is -0.0709. The first-order valence-corrected chi connectivity index (χ1v) is 7.19. The lowest BCUT2D eigenvalue weighted by molar-refractivity contribution is -0.144. The number of alkyl halides is 3. The Hall–Kier alpha value is -2.39. The predicted octanol–water partition coefficient (Wildman–Crippen LogP) is 3.59. The molecule has 2 atom stereocenters. The zero-order valence-electron chi connectivity index (χ0n) is 12.9. The molecule has 0 spiro atoms. The zero-order valence-corrected chi connectivity index (χ0v) is 12.9. The molecular weight excluding hydrogens is 353 g/mol. The molecule has 25 heavy (non-hydrogen) atoms. The Labute approximate surface area is 139 Å². The van der Waals surface area contributed by atoms with Gasteiger partial charge in [0.25, 0.3) is 0 Å². The van der Waals surface area contributed by atoms with E-state index in [1.54, 1.807) is 0 Å². The molecule has 1 heterocycles. The number of carbonyl (C=O) groups excluding carboxylic acids is 1. The van der Waals surface area contributed by atoms with Crippen molar-refractivity contribution in [3.63, 3.8) is 0 Å². The highest BCUT2D eigenvalue weighted by Crippen LogP contribution is 2.39. The molecule has 138 valence electrons. The smallest absolute Gasteiger partial charge is 0.422 e. The second-order valence-corrected chi connectivity index (χ2v) is 5.60. The summed E-state index contributed by atoms with van der Waals surface area (Å²) in [7, 11) is 1.07. The molecule has 1 aromatic rings. The summed E-state index contributed by atoms with van der Waals surface area (Å²) < 4.78 is 70.2.